The van der Waals surface area contributed by atoms with E-state index in [0.717, 1.165) is 51.5 Å². The van der Waals surface area contributed by atoms with Gasteiger partial charge in [0.05, 0.1) is 5.92 Å². The molecule has 26 heavy (non-hydrogen) atoms. The maximum absolute atomic E-state index is 13.1. The average Bonchev–Trinajstić information content (AvgIpc) is 2.69. The molecule has 1 atom stereocenters. The Morgan fingerprint density at radius 1 is 0.962 bits per heavy atom. The van der Waals surface area contributed by atoms with Crippen molar-refractivity contribution in [1.29, 1.82) is 0 Å². The maximum Gasteiger partial charge on any atom is 0.306 e. The molecule has 1 unspecified atom stereocenters. The monoisotopic (exact) mass is 357 g/mol. The van der Waals surface area contributed by atoms with E-state index in [0.29, 0.717) is 24.8 Å². The highest BCUT2D eigenvalue weighted by Crippen LogP contribution is 2.32. The molecule has 4 nitrogen and oxygen atoms in total. The van der Waals surface area contributed by atoms with Crippen LogP contribution < -0.4 is 0 Å². The summed E-state index contributed by atoms with van der Waals surface area (Å²) in [6.07, 6.45) is 9.48. The summed E-state index contributed by atoms with van der Waals surface area (Å²) in [5.74, 6) is -0.617. The van der Waals surface area contributed by atoms with Crippen LogP contribution in [-0.2, 0) is 16.0 Å². The fraction of sp³-hybridized carbons (Fsp3) is 0.636. The van der Waals surface area contributed by atoms with Gasteiger partial charge in [-0.2, -0.15) is 0 Å². The van der Waals surface area contributed by atoms with Gasteiger partial charge in [-0.3, -0.25) is 9.59 Å². The van der Waals surface area contributed by atoms with Crippen molar-refractivity contribution in [3.05, 3.63) is 35.9 Å². The number of aliphatic carboxylic acids is 1. The zero-order valence-corrected chi connectivity index (χ0v) is 15.6. The highest BCUT2D eigenvalue weighted by atomic mass is 16.4. The summed E-state index contributed by atoms with van der Waals surface area (Å²) in [5, 5.41) is 9.15. The van der Waals surface area contributed by atoms with Crippen LogP contribution in [0.25, 0.3) is 0 Å². The Morgan fingerprint density at radius 3 is 2.35 bits per heavy atom. The number of benzene rings is 1. The Balaban J connectivity index is 1.51. The molecule has 1 aromatic rings. The lowest BCUT2D eigenvalue weighted by Gasteiger charge is -2.39. The summed E-state index contributed by atoms with van der Waals surface area (Å²) in [7, 11) is 0. The molecule has 1 aliphatic heterocycles. The number of carboxylic acids is 1. The summed E-state index contributed by atoms with van der Waals surface area (Å²) >= 11 is 0. The second kappa shape index (κ2) is 9.20. The lowest BCUT2D eigenvalue weighted by Crippen LogP contribution is -2.47. The van der Waals surface area contributed by atoms with Gasteiger partial charge >= 0.3 is 5.97 Å². The largest absolute Gasteiger partial charge is 0.481 e. The molecular weight excluding hydrogens is 326 g/mol. The number of likely N-dealkylation sites (tertiary alicyclic amines) is 1. The zero-order valence-electron chi connectivity index (χ0n) is 15.6. The molecule has 0 spiro atoms. The first-order chi connectivity index (χ1) is 12.6. The van der Waals surface area contributed by atoms with Gasteiger partial charge in [-0.25, -0.2) is 0 Å². The minimum atomic E-state index is -0.701. The van der Waals surface area contributed by atoms with Crippen molar-refractivity contribution in [3.8, 4) is 0 Å². The summed E-state index contributed by atoms with van der Waals surface area (Å²) in [5.41, 5.74) is 1.37. The molecule has 3 rings (SSSR count). The predicted molar refractivity (Wildman–Crippen MR) is 102 cm³/mol. The summed E-state index contributed by atoms with van der Waals surface area (Å²) < 4.78 is 0. The molecule has 1 aliphatic carbocycles. The van der Waals surface area contributed by atoms with Gasteiger partial charge in [0.25, 0.3) is 0 Å². The van der Waals surface area contributed by atoms with Gasteiger partial charge in [0.2, 0.25) is 5.91 Å². The van der Waals surface area contributed by atoms with Crippen molar-refractivity contribution in [1.82, 2.24) is 4.90 Å². The zero-order chi connectivity index (χ0) is 18.4. The van der Waals surface area contributed by atoms with Crippen molar-refractivity contribution in [2.75, 3.05) is 6.54 Å². The SMILES string of the molecule is O=C(O)C1CCC(C(=O)N2CCCCC2CCCc2ccccc2)CC1. The summed E-state index contributed by atoms with van der Waals surface area (Å²) in [6, 6.07) is 10.9. The smallest absolute Gasteiger partial charge is 0.306 e. The highest BCUT2D eigenvalue weighted by molar-refractivity contribution is 5.80. The molecule has 0 radical (unpaired) electrons. The lowest BCUT2D eigenvalue weighted by molar-refractivity contribution is -0.147. The number of rotatable bonds is 6. The fourth-order valence-electron chi connectivity index (χ4n) is 4.60. The molecule has 142 valence electrons. The first kappa shape index (κ1) is 18.9. The Morgan fingerprint density at radius 2 is 1.65 bits per heavy atom. The Hall–Kier alpha value is -1.84. The number of piperidine rings is 1. The van der Waals surface area contributed by atoms with Gasteiger partial charge in [0.1, 0.15) is 0 Å². The first-order valence-corrected chi connectivity index (χ1v) is 10.2. The van der Waals surface area contributed by atoms with Gasteiger partial charge < -0.3 is 10.0 Å². The molecule has 2 fully saturated rings. The van der Waals surface area contributed by atoms with Crippen LogP contribution in [-0.4, -0.2) is 34.5 Å². The normalized spacial score (nSPS) is 26.5. The third-order valence-corrected chi connectivity index (χ3v) is 6.18. The first-order valence-electron chi connectivity index (χ1n) is 10.2. The van der Waals surface area contributed by atoms with Gasteiger partial charge in [-0.1, -0.05) is 30.3 Å². The Kier molecular flexibility index (Phi) is 6.70. The molecule has 1 aromatic carbocycles. The quantitative estimate of drug-likeness (QED) is 0.826. The van der Waals surface area contributed by atoms with Crippen molar-refractivity contribution in [2.45, 2.75) is 70.3 Å². The van der Waals surface area contributed by atoms with E-state index in [2.05, 4.69) is 29.2 Å². The second-order valence-corrected chi connectivity index (χ2v) is 7.95. The van der Waals surface area contributed by atoms with Crippen LogP contribution in [0.15, 0.2) is 30.3 Å². The Bertz CT molecular complexity index is 593. The molecule has 1 N–H and O–H groups in total. The van der Waals surface area contributed by atoms with E-state index < -0.39 is 5.97 Å². The summed E-state index contributed by atoms with van der Waals surface area (Å²) in [6.45, 7) is 0.883. The maximum atomic E-state index is 13.1. The third-order valence-electron chi connectivity index (χ3n) is 6.18. The number of carbonyl (C=O) groups is 2. The number of carbonyl (C=O) groups excluding carboxylic acids is 1. The molecular formula is C22H31NO3. The molecule has 0 aromatic heterocycles. The van der Waals surface area contributed by atoms with E-state index in [1.165, 1.54) is 12.0 Å². The standard InChI is InChI=1S/C22H31NO3/c24-21(18-12-14-19(15-13-18)22(25)26)23-16-5-4-10-20(23)11-6-9-17-7-2-1-3-8-17/h1-3,7-8,18-20H,4-6,9-16H2,(H,25,26). The molecule has 4 heteroatoms. The van der Waals surface area contributed by atoms with Crippen molar-refractivity contribution in [3.63, 3.8) is 0 Å². The number of hydrogen-bond donors (Lipinski definition) is 1. The van der Waals surface area contributed by atoms with Crippen molar-refractivity contribution in [2.24, 2.45) is 11.8 Å². The van der Waals surface area contributed by atoms with Gasteiger partial charge in [0, 0.05) is 18.5 Å². The predicted octanol–water partition coefficient (Wildman–Crippen LogP) is 4.28. The molecule has 1 saturated heterocycles. The number of aryl methyl sites for hydroxylation is 1. The van der Waals surface area contributed by atoms with E-state index in [-0.39, 0.29) is 11.8 Å². The van der Waals surface area contributed by atoms with Crippen LogP contribution in [0.3, 0.4) is 0 Å². The van der Waals surface area contributed by atoms with E-state index in [1.807, 2.05) is 6.07 Å². The van der Waals surface area contributed by atoms with Crippen LogP contribution >= 0.6 is 0 Å². The molecule has 2 aliphatic rings. The fourth-order valence-corrected chi connectivity index (χ4v) is 4.60. The second-order valence-electron chi connectivity index (χ2n) is 7.95. The van der Waals surface area contributed by atoms with E-state index in [9.17, 15) is 9.59 Å². The topological polar surface area (TPSA) is 57.6 Å². The number of amides is 1. The number of hydrogen-bond acceptors (Lipinski definition) is 2. The van der Waals surface area contributed by atoms with Gasteiger partial charge in [-0.05, 0) is 69.8 Å². The van der Waals surface area contributed by atoms with Crippen LogP contribution in [0.4, 0.5) is 0 Å². The van der Waals surface area contributed by atoms with Crippen molar-refractivity contribution >= 4 is 11.9 Å². The molecule has 1 saturated carbocycles. The van der Waals surface area contributed by atoms with Crippen LogP contribution in [0.1, 0.15) is 63.4 Å². The van der Waals surface area contributed by atoms with Crippen LogP contribution in [0.2, 0.25) is 0 Å². The van der Waals surface area contributed by atoms with Crippen LogP contribution in [0.5, 0.6) is 0 Å². The average molecular weight is 357 g/mol. The van der Waals surface area contributed by atoms with Crippen LogP contribution in [0, 0.1) is 11.8 Å². The minimum Gasteiger partial charge on any atom is -0.481 e. The molecule has 0 bridgehead atoms. The molecule has 1 heterocycles. The van der Waals surface area contributed by atoms with E-state index in [1.54, 1.807) is 0 Å². The molecule has 1 amide bonds. The number of carboxylic acid groups (broad SMARTS) is 1. The third kappa shape index (κ3) is 4.87. The lowest BCUT2D eigenvalue weighted by atomic mass is 9.80. The van der Waals surface area contributed by atoms with Gasteiger partial charge in [-0.15, -0.1) is 0 Å². The minimum absolute atomic E-state index is 0.0420. The summed E-state index contributed by atoms with van der Waals surface area (Å²) in [4.78, 5) is 26.3. The van der Waals surface area contributed by atoms with Crippen molar-refractivity contribution < 1.29 is 14.7 Å². The van der Waals surface area contributed by atoms with E-state index >= 15 is 0 Å². The highest BCUT2D eigenvalue weighted by Gasteiger charge is 2.35. The number of nitrogens with zero attached hydrogens (tertiary/aromatic N) is 1. The van der Waals surface area contributed by atoms with E-state index in [4.69, 9.17) is 5.11 Å². The Labute approximate surface area is 156 Å². The van der Waals surface area contributed by atoms with Gasteiger partial charge in [0.15, 0.2) is 0 Å².